The van der Waals surface area contributed by atoms with Crippen LogP contribution in [0.15, 0.2) is 24.3 Å². The second-order valence-corrected chi connectivity index (χ2v) is 11.6. The summed E-state index contributed by atoms with van der Waals surface area (Å²) in [4.78, 5) is 0. The summed E-state index contributed by atoms with van der Waals surface area (Å²) in [7, 11) is -3.53. The van der Waals surface area contributed by atoms with Crippen LogP contribution < -0.4 is 0 Å². The molecular formula is C10H11BrFIO3S. The van der Waals surface area contributed by atoms with E-state index in [1.54, 1.807) is 22.6 Å². The van der Waals surface area contributed by atoms with Gasteiger partial charge < -0.3 is 5.11 Å². The van der Waals surface area contributed by atoms with Crippen molar-refractivity contribution in [3.63, 3.8) is 0 Å². The Balaban J connectivity index is 3.17. The number of benzene rings is 1. The normalized spacial score (nSPS) is 17.5. The molecule has 1 aromatic carbocycles. The number of aliphatic hydroxyl groups excluding tert-OH is 1. The molecule has 3 nitrogen and oxygen atoms in total. The van der Waals surface area contributed by atoms with Gasteiger partial charge in [-0.05, 0) is 40.3 Å². The predicted molar refractivity (Wildman–Crippen MR) is 76.5 cm³/mol. The molecule has 1 N–H and O–H groups in total. The maximum absolute atomic E-state index is 13.0. The molecule has 0 saturated carbocycles. The van der Waals surface area contributed by atoms with E-state index in [0.717, 1.165) is 6.07 Å². The zero-order valence-corrected chi connectivity index (χ0v) is 13.5. The van der Waals surface area contributed by atoms with Crippen molar-refractivity contribution in [2.24, 2.45) is 0 Å². The van der Waals surface area contributed by atoms with E-state index in [9.17, 15) is 17.9 Å². The minimum absolute atomic E-state index is 0.117. The van der Waals surface area contributed by atoms with Gasteiger partial charge in [0.2, 0.25) is 1.66 Å². The molecule has 0 aliphatic rings. The number of hydrogen-bond donors (Lipinski definition) is 1. The van der Waals surface area contributed by atoms with Gasteiger partial charge in [0.15, 0.2) is 9.84 Å². The number of alkyl halides is 2. The number of halogens is 3. The van der Waals surface area contributed by atoms with E-state index in [2.05, 4.69) is 15.9 Å². The summed E-state index contributed by atoms with van der Waals surface area (Å²) < 4.78 is 35.1. The summed E-state index contributed by atoms with van der Waals surface area (Å²) in [5, 5.41) is 10.0. The number of rotatable bonds is 4. The topological polar surface area (TPSA) is 54.4 Å². The maximum atomic E-state index is 13.0. The second kappa shape index (κ2) is 5.50. The molecule has 0 amide bonds. The Morgan fingerprint density at radius 3 is 2.65 bits per heavy atom. The van der Waals surface area contributed by atoms with Crippen molar-refractivity contribution in [2.45, 2.75) is 14.7 Å². The van der Waals surface area contributed by atoms with Crippen molar-refractivity contribution in [1.82, 2.24) is 0 Å². The number of aliphatic hydroxyl groups is 1. The fraction of sp³-hybridized carbons (Fsp3) is 0.400. The highest BCUT2D eigenvalue weighted by Gasteiger charge is 2.45. The van der Waals surface area contributed by atoms with E-state index >= 15 is 0 Å². The van der Waals surface area contributed by atoms with Crippen LogP contribution in [0.25, 0.3) is 0 Å². The molecule has 1 rings (SSSR count). The van der Waals surface area contributed by atoms with Gasteiger partial charge in [-0.3, -0.25) is 0 Å². The molecule has 0 heterocycles. The molecule has 0 fully saturated rings. The quantitative estimate of drug-likeness (QED) is 0.583. The van der Waals surface area contributed by atoms with Gasteiger partial charge in [-0.15, -0.1) is 0 Å². The zero-order valence-electron chi connectivity index (χ0n) is 8.90. The van der Waals surface area contributed by atoms with Crippen LogP contribution in [0.1, 0.15) is 18.6 Å². The van der Waals surface area contributed by atoms with Crippen molar-refractivity contribution in [2.75, 3.05) is 5.75 Å². The van der Waals surface area contributed by atoms with Crippen molar-refractivity contribution in [3.05, 3.63) is 35.6 Å². The third-order valence-corrected chi connectivity index (χ3v) is 8.61. The Kier molecular flexibility index (Phi) is 4.96. The van der Waals surface area contributed by atoms with Crippen LogP contribution >= 0.6 is 38.5 Å². The van der Waals surface area contributed by atoms with Gasteiger partial charge in [-0.2, -0.15) is 0 Å². The van der Waals surface area contributed by atoms with Gasteiger partial charge in [-0.1, -0.05) is 35.0 Å². The van der Waals surface area contributed by atoms with Crippen molar-refractivity contribution in [1.29, 1.82) is 0 Å². The van der Waals surface area contributed by atoms with Crippen LogP contribution in [0.4, 0.5) is 4.39 Å². The van der Waals surface area contributed by atoms with E-state index in [1.165, 1.54) is 25.1 Å². The molecule has 17 heavy (non-hydrogen) atoms. The lowest BCUT2D eigenvalue weighted by molar-refractivity contribution is 0.190. The molecule has 0 radical (unpaired) electrons. The van der Waals surface area contributed by atoms with Crippen LogP contribution in [-0.4, -0.2) is 20.9 Å². The molecule has 0 aromatic heterocycles. The minimum atomic E-state index is -3.53. The summed E-state index contributed by atoms with van der Waals surface area (Å²) in [6, 6.07) is 5.25. The van der Waals surface area contributed by atoms with Crippen LogP contribution in [0.2, 0.25) is 0 Å². The molecule has 2 atom stereocenters. The van der Waals surface area contributed by atoms with Crippen molar-refractivity contribution >= 4 is 48.4 Å². The first kappa shape index (κ1) is 15.3. The molecule has 7 heteroatoms. The Morgan fingerprint density at radius 1 is 1.59 bits per heavy atom. The van der Waals surface area contributed by atoms with Gasteiger partial charge in [0.25, 0.3) is 0 Å². The zero-order chi connectivity index (χ0) is 13.3. The third-order valence-electron chi connectivity index (χ3n) is 2.28. The third kappa shape index (κ3) is 3.18. The molecule has 1 aromatic rings. The summed E-state index contributed by atoms with van der Waals surface area (Å²) in [5.41, 5.74) is 0.216. The SMILES string of the molecule is CCS(=O)(=O)C(Br)(I)C(O)c1cccc(F)c1. The fourth-order valence-corrected chi connectivity index (χ4v) is 4.34. The summed E-state index contributed by atoms with van der Waals surface area (Å²) >= 11 is 4.63. The molecule has 0 aliphatic carbocycles. The van der Waals surface area contributed by atoms with Crippen LogP contribution in [0.5, 0.6) is 0 Å². The van der Waals surface area contributed by atoms with E-state index in [1.807, 2.05) is 0 Å². The van der Waals surface area contributed by atoms with Gasteiger partial charge in [0, 0.05) is 5.75 Å². The molecule has 0 spiro atoms. The Hall–Kier alpha value is 0.270. The molecule has 0 saturated heterocycles. The predicted octanol–water partition coefficient (Wildman–Crippen LogP) is 2.78. The van der Waals surface area contributed by atoms with E-state index in [0.29, 0.717) is 0 Å². The van der Waals surface area contributed by atoms with Gasteiger partial charge >= 0.3 is 0 Å². The van der Waals surface area contributed by atoms with Crippen LogP contribution in [0.3, 0.4) is 0 Å². The van der Waals surface area contributed by atoms with E-state index < -0.39 is 23.4 Å². The smallest absolute Gasteiger partial charge is 0.207 e. The lowest BCUT2D eigenvalue weighted by atomic mass is 10.1. The Labute approximate surface area is 122 Å². The second-order valence-electron chi connectivity index (χ2n) is 3.42. The van der Waals surface area contributed by atoms with Crippen LogP contribution in [-0.2, 0) is 9.84 Å². The highest BCUT2D eigenvalue weighted by molar-refractivity contribution is 14.1. The van der Waals surface area contributed by atoms with Gasteiger partial charge in [0.1, 0.15) is 11.9 Å². The largest absolute Gasteiger partial charge is 0.385 e. The summed E-state index contributed by atoms with van der Waals surface area (Å²) in [6.07, 6.45) is -1.34. The van der Waals surface area contributed by atoms with Gasteiger partial charge in [0.05, 0.1) is 0 Å². The standard InChI is InChI=1S/C10H11BrFIO3S/c1-2-17(15,16)10(11,13)9(14)7-4-3-5-8(12)6-7/h3-6,9,14H,2H2,1H3. The molecule has 0 bridgehead atoms. The monoisotopic (exact) mass is 436 g/mol. The minimum Gasteiger partial charge on any atom is -0.385 e. The molecule has 0 aliphatic heterocycles. The van der Waals surface area contributed by atoms with E-state index in [4.69, 9.17) is 0 Å². The molecular weight excluding hydrogens is 426 g/mol. The maximum Gasteiger partial charge on any atom is 0.207 e. The van der Waals surface area contributed by atoms with Gasteiger partial charge in [-0.25, -0.2) is 12.8 Å². The average molecular weight is 437 g/mol. The summed E-state index contributed by atoms with van der Waals surface area (Å²) in [5.74, 6) is -0.636. The highest BCUT2D eigenvalue weighted by atomic mass is 127. The van der Waals surface area contributed by atoms with Crippen molar-refractivity contribution in [3.8, 4) is 0 Å². The average Bonchev–Trinajstić information content (AvgIpc) is 2.27. The molecule has 2 unspecified atom stereocenters. The lowest BCUT2D eigenvalue weighted by Gasteiger charge is -2.26. The highest BCUT2D eigenvalue weighted by Crippen LogP contribution is 2.45. The number of sulfone groups is 1. The fourth-order valence-electron chi connectivity index (χ4n) is 1.23. The lowest BCUT2D eigenvalue weighted by Crippen LogP contribution is -2.33. The molecule has 96 valence electrons. The van der Waals surface area contributed by atoms with Crippen molar-refractivity contribution < 1.29 is 17.9 Å². The number of hydrogen-bond acceptors (Lipinski definition) is 3. The van der Waals surface area contributed by atoms with Crippen LogP contribution in [0, 0.1) is 5.82 Å². The first-order valence-corrected chi connectivity index (χ1v) is 8.28. The first-order chi connectivity index (χ1) is 7.72. The Bertz CT molecular complexity index is 504. The summed E-state index contributed by atoms with van der Waals surface area (Å²) in [6.45, 7) is 1.49. The van der Waals surface area contributed by atoms with E-state index in [-0.39, 0.29) is 11.3 Å². The Morgan fingerprint density at radius 2 is 2.18 bits per heavy atom. The first-order valence-electron chi connectivity index (χ1n) is 4.76.